The van der Waals surface area contributed by atoms with Gasteiger partial charge in [-0.25, -0.2) is 0 Å². The van der Waals surface area contributed by atoms with Crippen molar-refractivity contribution in [2.75, 3.05) is 12.8 Å². The number of thiophene rings is 1. The number of hydrogen-bond donors (Lipinski definition) is 1. The summed E-state index contributed by atoms with van der Waals surface area (Å²) >= 11 is 1.43. The van der Waals surface area contributed by atoms with Crippen LogP contribution in [0.2, 0.25) is 0 Å². The highest BCUT2D eigenvalue weighted by atomic mass is 32.1. The van der Waals surface area contributed by atoms with Gasteiger partial charge in [0.25, 0.3) is 5.91 Å². The largest absolute Gasteiger partial charge is 0.398 e. The molecule has 0 atom stereocenters. The second-order valence-electron chi connectivity index (χ2n) is 2.66. The first kappa shape index (κ1) is 6.67. The van der Waals surface area contributed by atoms with Crippen molar-refractivity contribution in [3.63, 3.8) is 0 Å². The summed E-state index contributed by atoms with van der Waals surface area (Å²) in [7, 11) is 1.79. The number of carbonyl (C=O) groups is 1. The van der Waals surface area contributed by atoms with Gasteiger partial charge < -0.3 is 10.6 Å². The summed E-state index contributed by atoms with van der Waals surface area (Å²) in [5, 5.41) is 1.83. The van der Waals surface area contributed by atoms with Gasteiger partial charge >= 0.3 is 0 Å². The normalized spacial score (nSPS) is 15.7. The Balaban J connectivity index is 2.56. The van der Waals surface area contributed by atoms with Gasteiger partial charge in [-0.15, -0.1) is 11.3 Å². The Morgan fingerprint density at radius 2 is 2.45 bits per heavy atom. The summed E-state index contributed by atoms with van der Waals surface area (Å²) in [6.07, 6.45) is 0. The minimum atomic E-state index is 0.0988. The van der Waals surface area contributed by atoms with E-state index >= 15 is 0 Å². The molecule has 4 heteroatoms. The van der Waals surface area contributed by atoms with E-state index in [-0.39, 0.29) is 5.91 Å². The molecule has 11 heavy (non-hydrogen) atoms. The second kappa shape index (κ2) is 1.98. The van der Waals surface area contributed by atoms with Crippen LogP contribution in [0.25, 0.3) is 0 Å². The molecule has 0 saturated carbocycles. The number of carbonyl (C=O) groups excluding carboxylic acids is 1. The van der Waals surface area contributed by atoms with Crippen molar-refractivity contribution in [2.24, 2.45) is 0 Å². The number of nitrogens with zero attached hydrogens (tertiary/aromatic N) is 1. The Morgan fingerprint density at radius 1 is 1.73 bits per heavy atom. The van der Waals surface area contributed by atoms with E-state index in [2.05, 4.69) is 0 Å². The van der Waals surface area contributed by atoms with Crippen LogP contribution in [0, 0.1) is 0 Å². The lowest BCUT2D eigenvalue weighted by Crippen LogP contribution is -2.17. The Hall–Kier alpha value is -1.03. The molecule has 0 fully saturated rings. The molecule has 0 aromatic carbocycles. The van der Waals surface area contributed by atoms with Crippen molar-refractivity contribution in [1.82, 2.24) is 4.90 Å². The lowest BCUT2D eigenvalue weighted by molar-refractivity contribution is 0.0820. The van der Waals surface area contributed by atoms with Gasteiger partial charge in [-0.05, 0) is 0 Å². The van der Waals surface area contributed by atoms with E-state index in [1.807, 2.05) is 5.38 Å². The molecule has 2 N–H and O–H groups in total. The first-order chi connectivity index (χ1) is 5.20. The Morgan fingerprint density at radius 3 is 3.09 bits per heavy atom. The van der Waals surface area contributed by atoms with E-state index in [1.165, 1.54) is 11.3 Å². The fourth-order valence-electron chi connectivity index (χ4n) is 1.22. The molecule has 1 aliphatic heterocycles. The molecular formula is C7H8N2OS. The maximum atomic E-state index is 11.3. The van der Waals surface area contributed by atoms with Crippen LogP contribution in [0.3, 0.4) is 0 Å². The van der Waals surface area contributed by atoms with Crippen LogP contribution in [-0.2, 0) is 6.54 Å². The molecular weight excluding hydrogens is 160 g/mol. The van der Waals surface area contributed by atoms with Crippen molar-refractivity contribution in [1.29, 1.82) is 0 Å². The molecule has 0 bridgehead atoms. The summed E-state index contributed by atoms with van der Waals surface area (Å²) in [5.41, 5.74) is 7.40. The Kier molecular flexibility index (Phi) is 1.20. The predicted molar refractivity (Wildman–Crippen MR) is 44.5 cm³/mol. The topological polar surface area (TPSA) is 46.3 Å². The summed E-state index contributed by atoms with van der Waals surface area (Å²) in [4.78, 5) is 13.8. The zero-order valence-corrected chi connectivity index (χ0v) is 6.94. The van der Waals surface area contributed by atoms with Gasteiger partial charge in [-0.1, -0.05) is 0 Å². The molecule has 1 aromatic heterocycles. The van der Waals surface area contributed by atoms with Gasteiger partial charge in [0.05, 0.1) is 4.88 Å². The van der Waals surface area contributed by atoms with Crippen LogP contribution < -0.4 is 5.73 Å². The second-order valence-corrected chi connectivity index (χ2v) is 3.54. The standard InChI is InChI=1S/C7H8N2OS/c1-9-2-4-5(8)3-11-6(4)7(9)10/h3H,2,8H2,1H3. The minimum absolute atomic E-state index is 0.0988. The quantitative estimate of drug-likeness (QED) is 0.626. The predicted octanol–water partition coefficient (Wildman–Crippen LogP) is 0.916. The maximum Gasteiger partial charge on any atom is 0.264 e. The summed E-state index contributed by atoms with van der Waals surface area (Å²) in [6.45, 7) is 0.670. The molecule has 0 spiro atoms. The minimum Gasteiger partial charge on any atom is -0.398 e. The van der Waals surface area contributed by atoms with E-state index in [4.69, 9.17) is 5.73 Å². The Labute approximate surface area is 68.4 Å². The molecule has 1 aromatic rings. The average Bonchev–Trinajstić information content (AvgIpc) is 2.43. The van der Waals surface area contributed by atoms with Crippen LogP contribution in [-0.4, -0.2) is 17.9 Å². The molecule has 3 nitrogen and oxygen atoms in total. The summed E-state index contributed by atoms with van der Waals surface area (Å²) < 4.78 is 0. The molecule has 1 amide bonds. The molecule has 1 aliphatic rings. The van der Waals surface area contributed by atoms with Crippen molar-refractivity contribution in [2.45, 2.75) is 6.54 Å². The first-order valence-electron chi connectivity index (χ1n) is 3.31. The molecule has 2 heterocycles. The molecule has 58 valence electrons. The van der Waals surface area contributed by atoms with Crippen molar-refractivity contribution < 1.29 is 4.79 Å². The van der Waals surface area contributed by atoms with E-state index in [0.29, 0.717) is 6.54 Å². The van der Waals surface area contributed by atoms with Gasteiger partial charge in [0, 0.05) is 30.2 Å². The zero-order valence-electron chi connectivity index (χ0n) is 6.13. The van der Waals surface area contributed by atoms with Crippen molar-refractivity contribution in [3.05, 3.63) is 15.8 Å². The van der Waals surface area contributed by atoms with E-state index < -0.39 is 0 Å². The van der Waals surface area contributed by atoms with Crippen LogP contribution >= 0.6 is 11.3 Å². The number of amides is 1. The smallest absolute Gasteiger partial charge is 0.264 e. The molecule has 0 unspecified atom stereocenters. The fourth-order valence-corrected chi connectivity index (χ4v) is 2.19. The third-order valence-electron chi connectivity index (χ3n) is 1.86. The van der Waals surface area contributed by atoms with Gasteiger partial charge in [-0.3, -0.25) is 4.79 Å². The van der Waals surface area contributed by atoms with E-state index in [1.54, 1.807) is 11.9 Å². The lowest BCUT2D eigenvalue weighted by atomic mass is 10.3. The van der Waals surface area contributed by atoms with Gasteiger partial charge in [0.2, 0.25) is 0 Å². The van der Waals surface area contributed by atoms with Crippen molar-refractivity contribution in [3.8, 4) is 0 Å². The van der Waals surface area contributed by atoms with Crippen LogP contribution in [0.5, 0.6) is 0 Å². The van der Waals surface area contributed by atoms with Gasteiger partial charge in [-0.2, -0.15) is 0 Å². The number of nitrogen functional groups attached to an aromatic ring is 1. The Bertz CT molecular complexity index is 318. The highest BCUT2D eigenvalue weighted by Crippen LogP contribution is 2.31. The van der Waals surface area contributed by atoms with Crippen LogP contribution in [0.1, 0.15) is 15.2 Å². The fraction of sp³-hybridized carbons (Fsp3) is 0.286. The van der Waals surface area contributed by atoms with E-state index in [9.17, 15) is 4.79 Å². The van der Waals surface area contributed by atoms with E-state index in [0.717, 1.165) is 16.1 Å². The molecule has 0 radical (unpaired) electrons. The lowest BCUT2D eigenvalue weighted by Gasteiger charge is -2.05. The van der Waals surface area contributed by atoms with Gasteiger partial charge in [0.15, 0.2) is 0 Å². The maximum absolute atomic E-state index is 11.3. The summed E-state index contributed by atoms with van der Waals surface area (Å²) in [6, 6.07) is 0. The van der Waals surface area contributed by atoms with Crippen molar-refractivity contribution >= 4 is 22.9 Å². The zero-order chi connectivity index (χ0) is 8.01. The SMILES string of the molecule is CN1Cc2c(N)csc2C1=O. The average molecular weight is 168 g/mol. The molecule has 0 saturated heterocycles. The van der Waals surface area contributed by atoms with Gasteiger partial charge in [0.1, 0.15) is 0 Å². The van der Waals surface area contributed by atoms with Crippen LogP contribution in [0.4, 0.5) is 5.69 Å². The molecule has 0 aliphatic carbocycles. The van der Waals surface area contributed by atoms with Crippen LogP contribution in [0.15, 0.2) is 5.38 Å². The highest BCUT2D eigenvalue weighted by Gasteiger charge is 2.27. The summed E-state index contributed by atoms with van der Waals surface area (Å²) in [5.74, 6) is 0.0988. The highest BCUT2D eigenvalue weighted by molar-refractivity contribution is 7.12. The number of rotatable bonds is 0. The first-order valence-corrected chi connectivity index (χ1v) is 4.19. The molecule has 2 rings (SSSR count). The third kappa shape index (κ3) is 0.758. The number of nitrogens with two attached hydrogens (primary N) is 1. The third-order valence-corrected chi connectivity index (χ3v) is 2.89. The number of hydrogen-bond acceptors (Lipinski definition) is 3. The number of anilines is 1. The number of fused-ring (bicyclic) bond motifs is 1. The monoisotopic (exact) mass is 168 g/mol.